The Bertz CT molecular complexity index is 1060. The first kappa shape index (κ1) is 20.8. The number of pyridine rings is 2. The summed E-state index contributed by atoms with van der Waals surface area (Å²) in [5.74, 6) is 0.911. The number of nitrogens with zero attached hydrogens (tertiary/aromatic N) is 4. The Hall–Kier alpha value is -2.91. The van der Waals surface area contributed by atoms with Crippen LogP contribution in [0.4, 0.5) is 0 Å². The number of fused-ring (bicyclic) bond motifs is 1. The minimum Gasteiger partial charge on any atom is -0.480 e. The molecule has 3 aromatic heterocycles. The molecule has 6 heteroatoms. The van der Waals surface area contributed by atoms with Crippen LogP contribution in [0.3, 0.4) is 0 Å². The fourth-order valence-electron chi connectivity index (χ4n) is 3.65. The van der Waals surface area contributed by atoms with E-state index in [0.717, 1.165) is 39.1 Å². The van der Waals surface area contributed by atoms with Crippen molar-refractivity contribution < 1.29 is 9.47 Å². The highest BCUT2D eigenvalue weighted by Gasteiger charge is 2.20. The maximum atomic E-state index is 9.21. The number of hydrogen-bond acceptors (Lipinski definition) is 5. The lowest BCUT2D eigenvalue weighted by atomic mass is 10.0. The third kappa shape index (κ3) is 3.96. The van der Waals surface area contributed by atoms with Crippen LogP contribution in [-0.2, 0) is 4.74 Å². The molecular weight excluding hydrogens is 364 g/mol. The van der Waals surface area contributed by atoms with Gasteiger partial charge in [-0.15, -0.1) is 0 Å². The van der Waals surface area contributed by atoms with E-state index in [4.69, 9.17) is 14.5 Å². The predicted molar refractivity (Wildman–Crippen MR) is 114 cm³/mol. The fourth-order valence-corrected chi connectivity index (χ4v) is 3.65. The van der Waals surface area contributed by atoms with E-state index in [9.17, 15) is 5.26 Å². The molecule has 0 aromatic carbocycles. The Labute approximate surface area is 172 Å². The molecule has 0 aliphatic carbocycles. The molecule has 1 atom stereocenters. The number of aryl methyl sites for hydroxylation is 2. The van der Waals surface area contributed by atoms with Crippen molar-refractivity contribution in [2.24, 2.45) is 0 Å². The third-order valence-electron chi connectivity index (χ3n) is 5.18. The van der Waals surface area contributed by atoms with Crippen molar-refractivity contribution >= 4 is 11.0 Å². The highest BCUT2D eigenvalue weighted by molar-refractivity contribution is 5.85. The number of hydrogen-bond donors (Lipinski definition) is 0. The Balaban J connectivity index is 2.17. The van der Waals surface area contributed by atoms with Crippen LogP contribution in [0.25, 0.3) is 22.3 Å². The van der Waals surface area contributed by atoms with Gasteiger partial charge in [0.15, 0.2) is 0 Å². The summed E-state index contributed by atoms with van der Waals surface area (Å²) in [4.78, 5) is 9.66. The van der Waals surface area contributed by atoms with E-state index in [0.29, 0.717) is 24.8 Å². The molecule has 0 spiro atoms. The van der Waals surface area contributed by atoms with Crippen LogP contribution in [0.15, 0.2) is 24.4 Å². The molecule has 1 unspecified atom stereocenters. The van der Waals surface area contributed by atoms with Crippen LogP contribution in [0.2, 0.25) is 0 Å². The van der Waals surface area contributed by atoms with Crippen molar-refractivity contribution in [3.8, 4) is 23.2 Å². The molecule has 0 aliphatic rings. The zero-order chi connectivity index (χ0) is 21.1. The van der Waals surface area contributed by atoms with Gasteiger partial charge in [-0.1, -0.05) is 13.8 Å². The van der Waals surface area contributed by atoms with Crippen LogP contribution in [0, 0.1) is 25.2 Å². The molecule has 3 heterocycles. The minimum atomic E-state index is -0.0465. The van der Waals surface area contributed by atoms with E-state index in [1.807, 2.05) is 26.0 Å². The first-order valence-corrected chi connectivity index (χ1v) is 9.81. The molecule has 0 saturated heterocycles. The van der Waals surface area contributed by atoms with E-state index < -0.39 is 0 Å². The van der Waals surface area contributed by atoms with E-state index >= 15 is 0 Å². The molecular formula is C23H28N4O2. The number of ether oxygens (including phenoxy) is 2. The monoisotopic (exact) mass is 392 g/mol. The second kappa shape index (κ2) is 8.62. The van der Waals surface area contributed by atoms with Crippen molar-refractivity contribution in [1.82, 2.24) is 14.5 Å². The number of methoxy groups -OCH3 is 2. The summed E-state index contributed by atoms with van der Waals surface area (Å²) < 4.78 is 13.0. The highest BCUT2D eigenvalue weighted by atomic mass is 16.5. The van der Waals surface area contributed by atoms with Crippen LogP contribution < -0.4 is 4.74 Å². The number of nitriles is 1. The maximum absolute atomic E-state index is 9.21. The molecule has 3 aromatic rings. The van der Waals surface area contributed by atoms with Gasteiger partial charge in [-0.25, -0.2) is 9.97 Å². The van der Waals surface area contributed by atoms with Crippen LogP contribution in [-0.4, -0.2) is 35.4 Å². The van der Waals surface area contributed by atoms with Gasteiger partial charge in [0.25, 0.3) is 0 Å². The largest absolute Gasteiger partial charge is 0.480 e. The Morgan fingerprint density at radius 3 is 2.52 bits per heavy atom. The van der Waals surface area contributed by atoms with Crippen LogP contribution in [0.1, 0.15) is 49.0 Å². The van der Waals surface area contributed by atoms with Crippen LogP contribution >= 0.6 is 0 Å². The summed E-state index contributed by atoms with van der Waals surface area (Å²) in [6.07, 6.45) is 2.44. The van der Waals surface area contributed by atoms with Crippen molar-refractivity contribution in [3.63, 3.8) is 0 Å². The van der Waals surface area contributed by atoms with Crippen molar-refractivity contribution in [2.45, 2.75) is 46.1 Å². The Morgan fingerprint density at radius 1 is 1.14 bits per heavy atom. The predicted octanol–water partition coefficient (Wildman–Crippen LogP) is 4.95. The SMILES string of the molecule is COCC(CC#N)n1cc(C)c2nc(-c3ccc(C(C)C)nc3OC)c(C)cc21. The molecule has 0 radical (unpaired) electrons. The van der Waals surface area contributed by atoms with E-state index in [1.165, 1.54) is 0 Å². The maximum Gasteiger partial charge on any atom is 0.222 e. The third-order valence-corrected chi connectivity index (χ3v) is 5.18. The Kier molecular flexibility index (Phi) is 6.19. The summed E-state index contributed by atoms with van der Waals surface area (Å²) in [5, 5.41) is 9.21. The second-order valence-corrected chi connectivity index (χ2v) is 7.66. The van der Waals surface area contributed by atoms with Crippen molar-refractivity contribution in [2.75, 3.05) is 20.8 Å². The highest BCUT2D eigenvalue weighted by Crippen LogP contribution is 2.34. The molecule has 0 bridgehead atoms. The van der Waals surface area contributed by atoms with E-state index in [-0.39, 0.29) is 6.04 Å². The fraction of sp³-hybridized carbons (Fsp3) is 0.435. The van der Waals surface area contributed by atoms with Gasteiger partial charge in [-0.3, -0.25) is 0 Å². The first-order chi connectivity index (χ1) is 13.9. The molecule has 29 heavy (non-hydrogen) atoms. The van der Waals surface area contributed by atoms with Gasteiger partial charge in [0.1, 0.15) is 0 Å². The standard InChI is InChI=1S/C23H28N4O2/c1-14(2)19-8-7-18(23(25-19)29-6)21-15(3)11-20-22(26-21)16(4)12-27(20)17(9-10-24)13-28-5/h7-8,11-12,14,17H,9,13H2,1-6H3. The lowest BCUT2D eigenvalue weighted by molar-refractivity contribution is 0.158. The van der Waals surface area contributed by atoms with Gasteiger partial charge < -0.3 is 14.0 Å². The summed E-state index contributed by atoms with van der Waals surface area (Å²) in [6.45, 7) is 8.78. The summed E-state index contributed by atoms with van der Waals surface area (Å²) in [7, 11) is 3.30. The zero-order valence-corrected chi connectivity index (χ0v) is 18.0. The molecule has 0 N–H and O–H groups in total. The molecule has 0 fully saturated rings. The average molecular weight is 393 g/mol. The van der Waals surface area contributed by atoms with Crippen LogP contribution in [0.5, 0.6) is 5.88 Å². The van der Waals surface area contributed by atoms with Gasteiger partial charge in [0, 0.05) is 19.0 Å². The van der Waals surface area contributed by atoms with E-state index in [2.05, 4.69) is 41.7 Å². The average Bonchev–Trinajstić information content (AvgIpc) is 3.02. The lowest BCUT2D eigenvalue weighted by Gasteiger charge is -2.17. The molecule has 0 saturated carbocycles. The summed E-state index contributed by atoms with van der Waals surface area (Å²) >= 11 is 0. The first-order valence-electron chi connectivity index (χ1n) is 9.81. The smallest absolute Gasteiger partial charge is 0.222 e. The molecule has 6 nitrogen and oxygen atoms in total. The normalized spacial score (nSPS) is 12.3. The number of aromatic nitrogens is 3. The Morgan fingerprint density at radius 2 is 1.90 bits per heavy atom. The van der Waals surface area contributed by atoms with Gasteiger partial charge in [-0.05, 0) is 49.1 Å². The van der Waals surface area contributed by atoms with Gasteiger partial charge in [0.05, 0.1) is 54.5 Å². The van der Waals surface area contributed by atoms with Gasteiger partial charge in [-0.2, -0.15) is 5.26 Å². The number of rotatable bonds is 7. The molecule has 0 amide bonds. The van der Waals surface area contributed by atoms with Gasteiger partial charge >= 0.3 is 0 Å². The minimum absolute atomic E-state index is 0.0465. The quantitative estimate of drug-likeness (QED) is 0.569. The summed E-state index contributed by atoms with van der Waals surface area (Å²) in [6, 6.07) is 8.41. The summed E-state index contributed by atoms with van der Waals surface area (Å²) in [5.41, 5.74) is 6.75. The second-order valence-electron chi connectivity index (χ2n) is 7.66. The molecule has 3 rings (SSSR count). The zero-order valence-electron chi connectivity index (χ0n) is 18.0. The van der Waals surface area contributed by atoms with E-state index in [1.54, 1.807) is 14.2 Å². The lowest BCUT2D eigenvalue weighted by Crippen LogP contribution is -2.13. The molecule has 152 valence electrons. The van der Waals surface area contributed by atoms with Crippen molar-refractivity contribution in [3.05, 3.63) is 41.2 Å². The molecule has 0 aliphatic heterocycles. The van der Waals surface area contributed by atoms with Gasteiger partial charge in [0.2, 0.25) is 5.88 Å². The van der Waals surface area contributed by atoms with Crippen molar-refractivity contribution in [1.29, 1.82) is 5.26 Å². The topological polar surface area (TPSA) is 73.0 Å².